The maximum absolute atomic E-state index is 3.76. The van der Waals surface area contributed by atoms with Crippen molar-refractivity contribution in [2.75, 3.05) is 0 Å². The first-order valence-electron chi connectivity index (χ1n) is 8.08. The molecule has 3 atom stereocenters. The fourth-order valence-corrected chi connectivity index (χ4v) is 2.96. The maximum atomic E-state index is 3.76. The van der Waals surface area contributed by atoms with Gasteiger partial charge in [0.05, 0.1) is 8.07 Å². The Balaban J connectivity index is 2.68. The van der Waals surface area contributed by atoms with Gasteiger partial charge in [0.25, 0.3) is 0 Å². The van der Waals surface area contributed by atoms with Crippen LogP contribution < -0.4 is 5.32 Å². The second kappa shape index (κ2) is 8.38. The minimum Gasteiger partial charge on any atom is -0.307 e. The molecule has 0 spiro atoms. The van der Waals surface area contributed by atoms with Crippen LogP contribution in [-0.4, -0.2) is 14.1 Å². The zero-order chi connectivity index (χ0) is 15.9. The summed E-state index contributed by atoms with van der Waals surface area (Å²) in [5, 5.41) is 3.76. The lowest BCUT2D eigenvalue weighted by molar-refractivity contribution is 0.379. The van der Waals surface area contributed by atoms with Crippen LogP contribution in [0.25, 0.3) is 0 Å². The van der Waals surface area contributed by atoms with Crippen molar-refractivity contribution in [2.45, 2.75) is 58.9 Å². The molecule has 1 nitrogen and oxygen atoms in total. The first-order chi connectivity index (χ1) is 9.83. The third kappa shape index (κ3) is 6.95. The van der Waals surface area contributed by atoms with Crippen LogP contribution in [-0.2, 0) is 0 Å². The van der Waals surface area contributed by atoms with E-state index in [1.807, 2.05) is 0 Å². The van der Waals surface area contributed by atoms with Crippen LogP contribution in [0, 0.1) is 5.92 Å². The monoisotopic (exact) mass is 301 g/mol. The molecule has 0 saturated carbocycles. The molecule has 1 aromatic carbocycles. The molecule has 0 aromatic heterocycles. The number of rotatable bonds is 7. The summed E-state index contributed by atoms with van der Waals surface area (Å²) in [7, 11) is -1.14. The number of hydrogen-bond donors (Lipinski definition) is 1. The highest BCUT2D eigenvalue weighted by Crippen LogP contribution is 2.17. The van der Waals surface area contributed by atoms with Crippen molar-refractivity contribution < 1.29 is 0 Å². The van der Waals surface area contributed by atoms with Crippen LogP contribution in [0.1, 0.15) is 38.8 Å². The Morgan fingerprint density at radius 1 is 1.14 bits per heavy atom. The molecular formula is C19H31NSi. The highest BCUT2D eigenvalue weighted by molar-refractivity contribution is 6.80. The van der Waals surface area contributed by atoms with E-state index < -0.39 is 8.07 Å². The Labute approximate surface area is 132 Å². The summed E-state index contributed by atoms with van der Waals surface area (Å²) in [5.74, 6) is 0.494. The lowest BCUT2D eigenvalue weighted by atomic mass is 9.97. The zero-order valence-electron chi connectivity index (χ0n) is 14.5. The van der Waals surface area contributed by atoms with Crippen molar-refractivity contribution in [2.24, 2.45) is 5.92 Å². The van der Waals surface area contributed by atoms with E-state index in [-0.39, 0.29) is 0 Å². The molecule has 0 aliphatic heterocycles. The molecule has 1 aromatic rings. The summed E-state index contributed by atoms with van der Waals surface area (Å²) in [5.41, 5.74) is 7.06. The van der Waals surface area contributed by atoms with E-state index in [1.54, 1.807) is 0 Å². The van der Waals surface area contributed by atoms with Crippen LogP contribution in [0.5, 0.6) is 0 Å². The van der Waals surface area contributed by atoms with E-state index in [0.29, 0.717) is 18.0 Å². The van der Waals surface area contributed by atoms with Crippen LogP contribution >= 0.6 is 0 Å². The molecule has 0 heterocycles. The quantitative estimate of drug-likeness (QED) is 0.529. The molecule has 0 aliphatic rings. The largest absolute Gasteiger partial charge is 0.307 e. The van der Waals surface area contributed by atoms with Gasteiger partial charge in [0.15, 0.2) is 0 Å². The molecule has 1 N–H and O–H groups in total. The number of hydrogen-bond acceptors (Lipinski definition) is 1. The molecular weight excluding hydrogens is 270 g/mol. The van der Waals surface area contributed by atoms with Crippen molar-refractivity contribution >= 4 is 8.07 Å². The molecule has 2 heteroatoms. The minimum absolute atomic E-state index is 0.382. The van der Waals surface area contributed by atoms with Crippen LogP contribution in [0.3, 0.4) is 0 Å². The highest BCUT2D eigenvalue weighted by Gasteiger charge is 2.16. The summed E-state index contributed by atoms with van der Waals surface area (Å²) in [4.78, 5) is 0. The lowest BCUT2D eigenvalue weighted by Gasteiger charge is -2.26. The van der Waals surface area contributed by atoms with Gasteiger partial charge in [-0.15, -0.1) is 5.73 Å². The fourth-order valence-electron chi connectivity index (χ4n) is 2.37. The zero-order valence-corrected chi connectivity index (χ0v) is 15.5. The van der Waals surface area contributed by atoms with Gasteiger partial charge in [0.2, 0.25) is 0 Å². The summed E-state index contributed by atoms with van der Waals surface area (Å²) >= 11 is 0. The van der Waals surface area contributed by atoms with Gasteiger partial charge in [0.1, 0.15) is 0 Å². The first-order valence-corrected chi connectivity index (χ1v) is 11.7. The predicted molar refractivity (Wildman–Crippen MR) is 97.2 cm³/mol. The molecule has 0 aliphatic carbocycles. The second-order valence-electron chi connectivity index (χ2n) is 7.02. The smallest absolute Gasteiger partial charge is 0.0781 e. The first kappa shape index (κ1) is 18.0. The Morgan fingerprint density at radius 3 is 2.29 bits per heavy atom. The second-order valence-corrected chi connectivity index (χ2v) is 12.0. The summed E-state index contributed by atoms with van der Waals surface area (Å²) < 4.78 is 0. The average Bonchev–Trinajstić information content (AvgIpc) is 2.43. The molecule has 0 bridgehead atoms. The van der Waals surface area contributed by atoms with Gasteiger partial charge in [-0.05, 0) is 30.9 Å². The number of nitrogens with one attached hydrogen (secondary N) is 1. The van der Waals surface area contributed by atoms with Crippen LogP contribution in [0.15, 0.2) is 47.8 Å². The van der Waals surface area contributed by atoms with Crippen LogP contribution in [0.2, 0.25) is 19.6 Å². The van der Waals surface area contributed by atoms with Gasteiger partial charge >= 0.3 is 0 Å². The Morgan fingerprint density at radius 2 is 1.76 bits per heavy atom. The van der Waals surface area contributed by atoms with Crippen LogP contribution in [0.4, 0.5) is 0 Å². The third-order valence-electron chi connectivity index (χ3n) is 3.71. The summed E-state index contributed by atoms with van der Waals surface area (Å²) in [6.45, 7) is 13.8. The topological polar surface area (TPSA) is 12.0 Å². The summed E-state index contributed by atoms with van der Waals surface area (Å²) in [6, 6.07) is 11.5. The highest BCUT2D eigenvalue weighted by atomic mass is 28.3. The molecule has 0 fully saturated rings. The Kier molecular flexibility index (Phi) is 7.17. The number of benzene rings is 1. The van der Waals surface area contributed by atoms with Gasteiger partial charge in [-0.1, -0.05) is 69.5 Å². The lowest BCUT2D eigenvalue weighted by Crippen LogP contribution is -2.35. The van der Waals surface area contributed by atoms with E-state index in [4.69, 9.17) is 0 Å². The van der Waals surface area contributed by atoms with E-state index >= 15 is 0 Å². The molecule has 0 saturated heterocycles. The van der Waals surface area contributed by atoms with Crippen molar-refractivity contribution in [3.05, 3.63) is 53.4 Å². The van der Waals surface area contributed by atoms with E-state index in [2.05, 4.69) is 93.6 Å². The van der Waals surface area contributed by atoms with Gasteiger partial charge in [-0.2, -0.15) is 0 Å². The molecule has 0 unspecified atom stereocenters. The molecule has 116 valence electrons. The SMILES string of the molecule is CC[C@@H](N[C@H](C)c1ccccc1)[C@H](C)C=C=C[Si](C)(C)C. The average molecular weight is 302 g/mol. The van der Waals surface area contributed by atoms with Crippen molar-refractivity contribution in [3.63, 3.8) is 0 Å². The minimum atomic E-state index is -1.14. The maximum Gasteiger partial charge on any atom is 0.0781 e. The van der Waals surface area contributed by atoms with Gasteiger partial charge < -0.3 is 5.32 Å². The van der Waals surface area contributed by atoms with Gasteiger partial charge in [-0.3, -0.25) is 0 Å². The van der Waals surface area contributed by atoms with Crippen molar-refractivity contribution in [1.29, 1.82) is 0 Å². The molecule has 0 amide bonds. The van der Waals surface area contributed by atoms with E-state index in [1.165, 1.54) is 5.56 Å². The van der Waals surface area contributed by atoms with E-state index in [0.717, 1.165) is 6.42 Å². The molecule has 0 radical (unpaired) electrons. The normalized spacial score (nSPS) is 15.7. The standard InChI is InChI=1S/C19H31NSi/c1-7-19(16(2)12-11-15-21(4,5)6)20-17(3)18-13-9-8-10-14-18/h8-10,12-17,19-20H,7H2,1-6H3/t11?,16-,17-,19-/m1/s1. The Bertz CT molecular complexity index is 466. The van der Waals surface area contributed by atoms with Crippen molar-refractivity contribution in [3.8, 4) is 0 Å². The summed E-state index contributed by atoms with van der Waals surface area (Å²) in [6.07, 6.45) is 3.36. The fraction of sp³-hybridized carbons (Fsp3) is 0.526. The third-order valence-corrected chi connectivity index (χ3v) is 4.75. The molecule has 21 heavy (non-hydrogen) atoms. The Hall–Kier alpha value is -1.08. The van der Waals surface area contributed by atoms with Gasteiger partial charge in [-0.25, -0.2) is 0 Å². The van der Waals surface area contributed by atoms with Gasteiger partial charge in [0, 0.05) is 12.1 Å². The van der Waals surface area contributed by atoms with E-state index in [9.17, 15) is 0 Å². The predicted octanol–water partition coefficient (Wildman–Crippen LogP) is 5.34. The van der Waals surface area contributed by atoms with Crippen molar-refractivity contribution in [1.82, 2.24) is 5.32 Å². The molecule has 1 rings (SSSR count).